The van der Waals surface area contributed by atoms with Gasteiger partial charge in [-0.15, -0.1) is 0 Å². The zero-order chi connectivity index (χ0) is 19.2. The minimum absolute atomic E-state index is 0.0414. The molecule has 6 nitrogen and oxygen atoms in total. The molecule has 27 heavy (non-hydrogen) atoms. The number of ether oxygens (including phenoxy) is 1. The highest BCUT2D eigenvalue weighted by molar-refractivity contribution is 5.94. The number of piperidine rings is 1. The summed E-state index contributed by atoms with van der Waals surface area (Å²) in [4.78, 5) is 26.8. The Morgan fingerprint density at radius 2 is 1.85 bits per heavy atom. The monoisotopic (exact) mass is 373 g/mol. The molecule has 148 valence electrons. The Labute approximate surface area is 161 Å². The molecule has 6 heteroatoms. The van der Waals surface area contributed by atoms with Gasteiger partial charge in [0.05, 0.1) is 6.61 Å². The molecule has 3 N–H and O–H groups in total. The highest BCUT2D eigenvalue weighted by atomic mass is 16.5. The zero-order valence-electron chi connectivity index (χ0n) is 16.2. The maximum absolute atomic E-state index is 12.6. The van der Waals surface area contributed by atoms with E-state index in [4.69, 9.17) is 10.5 Å². The first kappa shape index (κ1) is 19.7. The number of likely N-dealkylation sites (tertiary alicyclic amines) is 1. The summed E-state index contributed by atoms with van der Waals surface area (Å²) < 4.78 is 5.42. The Hall–Kier alpha value is -2.08. The van der Waals surface area contributed by atoms with Crippen molar-refractivity contribution in [3.63, 3.8) is 0 Å². The molecule has 0 bridgehead atoms. The minimum atomic E-state index is 0.0414. The molecule has 2 amide bonds. The summed E-state index contributed by atoms with van der Waals surface area (Å²) in [5.74, 6) is 1.25. The van der Waals surface area contributed by atoms with E-state index in [0.717, 1.165) is 37.9 Å². The smallest absolute Gasteiger partial charge is 0.253 e. The molecule has 0 spiro atoms. The maximum atomic E-state index is 12.6. The van der Waals surface area contributed by atoms with E-state index >= 15 is 0 Å². The molecule has 2 fully saturated rings. The molecule has 3 rings (SSSR count). The lowest BCUT2D eigenvalue weighted by atomic mass is 9.98. The molecule has 1 heterocycles. The fourth-order valence-electron chi connectivity index (χ4n) is 4.11. The normalized spacial score (nSPS) is 23.3. The number of amides is 2. The predicted octanol–water partition coefficient (Wildman–Crippen LogP) is 2.32. The fraction of sp³-hybridized carbons (Fsp3) is 0.619. The van der Waals surface area contributed by atoms with E-state index in [1.807, 2.05) is 36.1 Å². The van der Waals surface area contributed by atoms with Gasteiger partial charge in [0.1, 0.15) is 5.75 Å². The SMILES string of the molecule is CCOc1ccc(C(=O)N2CCC(NC(=O)C[C@@H]3CCC[C@H]3N)CC2)cc1. The highest BCUT2D eigenvalue weighted by Gasteiger charge is 2.28. The van der Waals surface area contributed by atoms with Crippen LogP contribution in [0.15, 0.2) is 24.3 Å². The van der Waals surface area contributed by atoms with Crippen LogP contribution in [0.4, 0.5) is 0 Å². The lowest BCUT2D eigenvalue weighted by molar-refractivity contribution is -0.123. The first-order chi connectivity index (χ1) is 13.1. The molecule has 0 radical (unpaired) electrons. The lowest BCUT2D eigenvalue weighted by Gasteiger charge is -2.32. The number of benzene rings is 1. The van der Waals surface area contributed by atoms with Crippen molar-refractivity contribution in [3.05, 3.63) is 29.8 Å². The van der Waals surface area contributed by atoms with Crippen LogP contribution in [0.25, 0.3) is 0 Å². The second-order valence-corrected chi connectivity index (χ2v) is 7.65. The van der Waals surface area contributed by atoms with Crippen LogP contribution in [0.3, 0.4) is 0 Å². The zero-order valence-corrected chi connectivity index (χ0v) is 16.2. The number of nitrogens with zero attached hydrogens (tertiary/aromatic N) is 1. The molecule has 1 aliphatic carbocycles. The molecule has 1 saturated carbocycles. The number of hydrogen-bond acceptors (Lipinski definition) is 4. The Morgan fingerprint density at radius 3 is 2.44 bits per heavy atom. The molecule has 1 aromatic carbocycles. The molecule has 1 aliphatic heterocycles. The van der Waals surface area contributed by atoms with Gasteiger partial charge >= 0.3 is 0 Å². The molecule has 0 aromatic heterocycles. The Bertz CT molecular complexity index is 639. The van der Waals surface area contributed by atoms with E-state index in [1.165, 1.54) is 0 Å². The van der Waals surface area contributed by atoms with Gasteiger partial charge in [-0.3, -0.25) is 9.59 Å². The standard InChI is InChI=1S/C21H31N3O3/c1-2-27-18-8-6-15(7-9-18)21(26)24-12-10-17(11-13-24)23-20(25)14-16-4-3-5-19(16)22/h6-9,16-17,19H,2-5,10-14,22H2,1H3,(H,23,25)/t16-,19+/m0/s1. The minimum Gasteiger partial charge on any atom is -0.494 e. The molecule has 2 aliphatic rings. The molecule has 2 atom stereocenters. The third-order valence-electron chi connectivity index (χ3n) is 5.73. The quantitative estimate of drug-likeness (QED) is 0.801. The number of carbonyl (C=O) groups is 2. The Morgan fingerprint density at radius 1 is 1.15 bits per heavy atom. The van der Waals surface area contributed by atoms with Crippen LogP contribution in [0.5, 0.6) is 5.75 Å². The number of rotatable bonds is 6. The van der Waals surface area contributed by atoms with E-state index < -0.39 is 0 Å². The van der Waals surface area contributed by atoms with Crippen molar-refractivity contribution >= 4 is 11.8 Å². The summed E-state index contributed by atoms with van der Waals surface area (Å²) in [6.07, 6.45) is 5.35. The molecular formula is C21H31N3O3. The topological polar surface area (TPSA) is 84.7 Å². The average Bonchev–Trinajstić information content (AvgIpc) is 3.07. The number of carbonyl (C=O) groups excluding carboxylic acids is 2. The summed E-state index contributed by atoms with van der Waals surface area (Å²) in [7, 11) is 0. The van der Waals surface area contributed by atoms with Crippen molar-refractivity contribution < 1.29 is 14.3 Å². The van der Waals surface area contributed by atoms with Crippen LogP contribution in [0, 0.1) is 5.92 Å². The maximum Gasteiger partial charge on any atom is 0.253 e. The van der Waals surface area contributed by atoms with Crippen molar-refractivity contribution in [2.24, 2.45) is 11.7 Å². The third kappa shape index (κ3) is 5.22. The van der Waals surface area contributed by atoms with Crippen LogP contribution in [0.2, 0.25) is 0 Å². The van der Waals surface area contributed by atoms with Gasteiger partial charge in [0, 0.05) is 37.2 Å². The average molecular weight is 373 g/mol. The molecule has 0 unspecified atom stereocenters. The van der Waals surface area contributed by atoms with E-state index in [-0.39, 0.29) is 23.9 Å². The second kappa shape index (κ2) is 9.22. The highest BCUT2D eigenvalue weighted by Crippen LogP contribution is 2.27. The lowest BCUT2D eigenvalue weighted by Crippen LogP contribution is -2.47. The summed E-state index contributed by atoms with van der Waals surface area (Å²) in [5.41, 5.74) is 6.74. The number of hydrogen-bond donors (Lipinski definition) is 2. The van der Waals surface area contributed by atoms with E-state index in [0.29, 0.717) is 37.6 Å². The van der Waals surface area contributed by atoms with Gasteiger partial charge in [0.15, 0.2) is 0 Å². The van der Waals surface area contributed by atoms with Crippen LogP contribution in [0.1, 0.15) is 55.8 Å². The van der Waals surface area contributed by atoms with Gasteiger partial charge in [-0.25, -0.2) is 0 Å². The van der Waals surface area contributed by atoms with Gasteiger partial charge in [0.25, 0.3) is 5.91 Å². The summed E-state index contributed by atoms with van der Waals surface area (Å²) in [6, 6.07) is 7.61. The van der Waals surface area contributed by atoms with Gasteiger partial charge in [0.2, 0.25) is 5.91 Å². The number of nitrogens with one attached hydrogen (secondary N) is 1. The van der Waals surface area contributed by atoms with Crippen molar-refractivity contribution in [1.29, 1.82) is 0 Å². The molecular weight excluding hydrogens is 342 g/mol. The summed E-state index contributed by atoms with van der Waals surface area (Å²) >= 11 is 0. The summed E-state index contributed by atoms with van der Waals surface area (Å²) in [6.45, 7) is 3.88. The molecule has 1 saturated heterocycles. The van der Waals surface area contributed by atoms with Crippen molar-refractivity contribution in [1.82, 2.24) is 10.2 Å². The summed E-state index contributed by atoms with van der Waals surface area (Å²) in [5, 5.41) is 3.14. The first-order valence-corrected chi connectivity index (χ1v) is 10.1. The van der Waals surface area contributed by atoms with Crippen molar-refractivity contribution in [2.75, 3.05) is 19.7 Å². The fourth-order valence-corrected chi connectivity index (χ4v) is 4.11. The van der Waals surface area contributed by atoms with E-state index in [2.05, 4.69) is 5.32 Å². The van der Waals surface area contributed by atoms with Crippen molar-refractivity contribution in [3.8, 4) is 5.75 Å². The Kier molecular flexibility index (Phi) is 6.72. The van der Waals surface area contributed by atoms with Crippen molar-refractivity contribution in [2.45, 2.75) is 57.5 Å². The third-order valence-corrected chi connectivity index (χ3v) is 5.73. The van der Waals surface area contributed by atoms with Gasteiger partial charge in [-0.2, -0.15) is 0 Å². The van der Waals surface area contributed by atoms with E-state index in [9.17, 15) is 9.59 Å². The first-order valence-electron chi connectivity index (χ1n) is 10.1. The van der Waals surface area contributed by atoms with Crippen LogP contribution in [-0.2, 0) is 4.79 Å². The predicted molar refractivity (Wildman–Crippen MR) is 105 cm³/mol. The van der Waals surface area contributed by atoms with Gasteiger partial charge in [-0.05, 0) is 62.8 Å². The molecule has 1 aromatic rings. The van der Waals surface area contributed by atoms with Crippen LogP contribution in [-0.4, -0.2) is 48.5 Å². The largest absolute Gasteiger partial charge is 0.494 e. The van der Waals surface area contributed by atoms with E-state index in [1.54, 1.807) is 0 Å². The van der Waals surface area contributed by atoms with Crippen LogP contribution < -0.4 is 15.8 Å². The number of nitrogens with two attached hydrogens (primary N) is 1. The Balaban J connectivity index is 1.44. The van der Waals surface area contributed by atoms with Gasteiger partial charge in [-0.1, -0.05) is 6.42 Å². The van der Waals surface area contributed by atoms with Crippen LogP contribution >= 0.6 is 0 Å². The second-order valence-electron chi connectivity index (χ2n) is 7.65. The van der Waals surface area contributed by atoms with Gasteiger partial charge < -0.3 is 20.7 Å².